The summed E-state index contributed by atoms with van der Waals surface area (Å²) in [6.07, 6.45) is -0.364. The van der Waals surface area contributed by atoms with Crippen molar-refractivity contribution in [3.63, 3.8) is 0 Å². The molecule has 3 rings (SSSR count). The van der Waals surface area contributed by atoms with E-state index in [1.54, 1.807) is 36.4 Å². The van der Waals surface area contributed by atoms with E-state index in [1.807, 2.05) is 13.0 Å². The maximum Gasteiger partial charge on any atom is 0.414 e. The molecule has 2 aromatic carbocycles. The molecule has 2 aromatic rings. The van der Waals surface area contributed by atoms with E-state index >= 15 is 0 Å². The van der Waals surface area contributed by atoms with E-state index in [0.29, 0.717) is 35.1 Å². The number of hydrogen-bond donors (Lipinski definition) is 1. The van der Waals surface area contributed by atoms with E-state index in [2.05, 4.69) is 5.32 Å². The molecular weight excluding hydrogens is 316 g/mol. The highest BCUT2D eigenvalue weighted by molar-refractivity contribution is 6.31. The minimum absolute atomic E-state index is 0.236. The third-order valence-electron chi connectivity index (χ3n) is 3.63. The van der Waals surface area contributed by atoms with Gasteiger partial charge in [-0.2, -0.15) is 0 Å². The van der Waals surface area contributed by atoms with Gasteiger partial charge < -0.3 is 10.1 Å². The highest BCUT2D eigenvalue weighted by atomic mass is 35.5. The van der Waals surface area contributed by atoms with Gasteiger partial charge in [0.15, 0.2) is 0 Å². The average Bonchev–Trinajstić information content (AvgIpc) is 2.97. The second-order valence-corrected chi connectivity index (χ2v) is 5.64. The fraction of sp³-hybridized carbons (Fsp3) is 0.176. The van der Waals surface area contributed by atoms with Crippen LogP contribution in [-0.4, -0.2) is 25.2 Å². The normalized spacial score (nSPS) is 13.8. The number of carbonyl (C=O) groups excluding carboxylic acids is 2. The number of amides is 2. The Bertz CT molecular complexity index is 759. The van der Waals surface area contributed by atoms with Crippen LogP contribution in [-0.2, 0) is 4.74 Å². The van der Waals surface area contributed by atoms with Gasteiger partial charge in [0.1, 0.15) is 6.61 Å². The van der Waals surface area contributed by atoms with Gasteiger partial charge in [0.05, 0.1) is 6.54 Å². The van der Waals surface area contributed by atoms with Gasteiger partial charge in [0.2, 0.25) is 0 Å². The molecule has 0 radical (unpaired) electrons. The van der Waals surface area contributed by atoms with Crippen molar-refractivity contribution in [1.82, 2.24) is 0 Å². The number of hydrogen-bond acceptors (Lipinski definition) is 3. The number of aryl methyl sites for hydroxylation is 1. The summed E-state index contributed by atoms with van der Waals surface area (Å²) in [5, 5.41) is 3.40. The minimum atomic E-state index is -0.364. The lowest BCUT2D eigenvalue weighted by atomic mass is 10.1. The molecule has 0 aliphatic carbocycles. The molecule has 0 saturated carbocycles. The Morgan fingerprint density at radius 2 is 1.96 bits per heavy atom. The third kappa shape index (κ3) is 3.29. The zero-order valence-corrected chi connectivity index (χ0v) is 13.3. The summed E-state index contributed by atoms with van der Waals surface area (Å²) >= 11 is 6.05. The van der Waals surface area contributed by atoms with Gasteiger partial charge in [-0.1, -0.05) is 17.7 Å². The number of benzene rings is 2. The van der Waals surface area contributed by atoms with Crippen LogP contribution in [0.3, 0.4) is 0 Å². The van der Waals surface area contributed by atoms with Gasteiger partial charge in [0, 0.05) is 22.0 Å². The van der Waals surface area contributed by atoms with E-state index in [-0.39, 0.29) is 12.0 Å². The molecule has 1 fully saturated rings. The molecule has 23 heavy (non-hydrogen) atoms. The zero-order valence-electron chi connectivity index (χ0n) is 12.5. The number of carbonyl (C=O) groups is 2. The Balaban J connectivity index is 1.72. The van der Waals surface area contributed by atoms with Crippen molar-refractivity contribution in [2.24, 2.45) is 0 Å². The van der Waals surface area contributed by atoms with Crippen LogP contribution in [0.15, 0.2) is 42.5 Å². The van der Waals surface area contributed by atoms with Crippen molar-refractivity contribution >= 4 is 35.0 Å². The van der Waals surface area contributed by atoms with Crippen LogP contribution in [0, 0.1) is 6.92 Å². The van der Waals surface area contributed by atoms with Crippen LogP contribution in [0.5, 0.6) is 0 Å². The fourth-order valence-corrected chi connectivity index (χ4v) is 2.48. The molecule has 1 saturated heterocycles. The molecule has 5 nitrogen and oxygen atoms in total. The smallest absolute Gasteiger partial charge is 0.414 e. The first-order chi connectivity index (χ1) is 11.0. The van der Waals surface area contributed by atoms with Crippen LogP contribution in [0.2, 0.25) is 5.02 Å². The summed E-state index contributed by atoms with van der Waals surface area (Å²) in [6, 6.07) is 12.2. The maximum absolute atomic E-state index is 12.2. The standard InChI is InChI=1S/C17H15ClN2O3/c1-11-2-5-13(10-15(11)18)19-16(21)12-3-6-14(7-4-12)20-8-9-23-17(20)22/h2-7,10H,8-9H2,1H3,(H,19,21). The molecule has 2 amide bonds. The predicted octanol–water partition coefficient (Wildman–Crippen LogP) is 3.86. The van der Waals surface area contributed by atoms with Crippen LogP contribution in [0.4, 0.5) is 16.2 Å². The molecule has 0 aromatic heterocycles. The van der Waals surface area contributed by atoms with E-state index in [4.69, 9.17) is 16.3 Å². The molecule has 1 aliphatic heterocycles. The first-order valence-electron chi connectivity index (χ1n) is 7.16. The van der Waals surface area contributed by atoms with Crippen molar-refractivity contribution in [3.8, 4) is 0 Å². The van der Waals surface area contributed by atoms with Crippen LogP contribution in [0.1, 0.15) is 15.9 Å². The number of ether oxygens (including phenoxy) is 1. The molecule has 1 heterocycles. The zero-order chi connectivity index (χ0) is 16.4. The summed E-state index contributed by atoms with van der Waals surface area (Å²) in [4.78, 5) is 25.3. The Morgan fingerprint density at radius 3 is 2.57 bits per heavy atom. The van der Waals surface area contributed by atoms with Crippen molar-refractivity contribution in [1.29, 1.82) is 0 Å². The third-order valence-corrected chi connectivity index (χ3v) is 4.04. The molecular formula is C17H15ClN2O3. The largest absolute Gasteiger partial charge is 0.447 e. The van der Waals surface area contributed by atoms with Crippen molar-refractivity contribution in [2.75, 3.05) is 23.4 Å². The molecule has 1 aliphatic rings. The number of nitrogens with zero attached hydrogens (tertiary/aromatic N) is 1. The minimum Gasteiger partial charge on any atom is -0.447 e. The predicted molar refractivity (Wildman–Crippen MR) is 89.3 cm³/mol. The average molecular weight is 331 g/mol. The summed E-state index contributed by atoms with van der Waals surface area (Å²) in [5.41, 5.74) is 2.80. The summed E-state index contributed by atoms with van der Waals surface area (Å²) in [6.45, 7) is 2.80. The molecule has 0 atom stereocenters. The topological polar surface area (TPSA) is 58.6 Å². The van der Waals surface area contributed by atoms with Crippen molar-refractivity contribution < 1.29 is 14.3 Å². The van der Waals surface area contributed by atoms with E-state index < -0.39 is 0 Å². The highest BCUT2D eigenvalue weighted by Crippen LogP contribution is 2.22. The molecule has 0 spiro atoms. The number of cyclic esters (lactones) is 1. The number of rotatable bonds is 3. The maximum atomic E-state index is 12.2. The summed E-state index contributed by atoms with van der Waals surface area (Å²) < 4.78 is 4.89. The van der Waals surface area contributed by atoms with Crippen molar-refractivity contribution in [3.05, 3.63) is 58.6 Å². The summed E-state index contributed by atoms with van der Waals surface area (Å²) in [7, 11) is 0. The van der Waals surface area contributed by atoms with E-state index in [1.165, 1.54) is 4.90 Å². The van der Waals surface area contributed by atoms with Gasteiger partial charge >= 0.3 is 6.09 Å². The highest BCUT2D eigenvalue weighted by Gasteiger charge is 2.23. The lowest BCUT2D eigenvalue weighted by molar-refractivity contribution is 0.102. The Labute approximate surface area is 138 Å². The van der Waals surface area contributed by atoms with Crippen molar-refractivity contribution in [2.45, 2.75) is 6.92 Å². The number of anilines is 2. The SMILES string of the molecule is Cc1ccc(NC(=O)c2ccc(N3CCOC3=O)cc2)cc1Cl. The van der Waals surface area contributed by atoms with Gasteiger partial charge in [-0.05, 0) is 48.9 Å². The van der Waals surface area contributed by atoms with Gasteiger partial charge in [-0.15, -0.1) is 0 Å². The van der Waals surface area contributed by atoms with Gasteiger partial charge in [-0.3, -0.25) is 9.69 Å². The van der Waals surface area contributed by atoms with E-state index in [0.717, 1.165) is 5.56 Å². The summed E-state index contributed by atoms with van der Waals surface area (Å²) in [5.74, 6) is -0.236. The Kier molecular flexibility index (Phi) is 4.21. The lowest BCUT2D eigenvalue weighted by Gasteiger charge is -2.13. The van der Waals surface area contributed by atoms with E-state index in [9.17, 15) is 9.59 Å². The Hall–Kier alpha value is -2.53. The molecule has 6 heteroatoms. The molecule has 0 unspecified atom stereocenters. The van der Waals surface area contributed by atoms with Crippen LogP contribution < -0.4 is 10.2 Å². The second kappa shape index (κ2) is 6.30. The molecule has 1 N–H and O–H groups in total. The Morgan fingerprint density at radius 1 is 1.22 bits per heavy atom. The molecule has 118 valence electrons. The number of nitrogens with one attached hydrogen (secondary N) is 1. The first-order valence-corrected chi connectivity index (χ1v) is 7.54. The number of halogens is 1. The lowest BCUT2D eigenvalue weighted by Crippen LogP contribution is -2.23. The quantitative estimate of drug-likeness (QED) is 0.929. The van der Waals surface area contributed by atoms with Gasteiger partial charge in [-0.25, -0.2) is 4.79 Å². The van der Waals surface area contributed by atoms with Gasteiger partial charge in [0.25, 0.3) is 5.91 Å². The monoisotopic (exact) mass is 330 g/mol. The van der Waals surface area contributed by atoms with Crippen LogP contribution in [0.25, 0.3) is 0 Å². The molecule has 0 bridgehead atoms. The van der Waals surface area contributed by atoms with Crippen LogP contribution >= 0.6 is 11.6 Å². The second-order valence-electron chi connectivity index (χ2n) is 5.23. The first kappa shape index (κ1) is 15.4. The fourth-order valence-electron chi connectivity index (χ4n) is 2.29.